The van der Waals surface area contributed by atoms with Crippen LogP contribution in [0, 0.1) is 5.82 Å². The molecule has 1 aromatic rings. The van der Waals surface area contributed by atoms with Crippen molar-refractivity contribution in [2.75, 3.05) is 13.2 Å². The molecule has 0 heterocycles. The standard InChI is InChI=1S/C13H17FN2O4/c1-2-20-7-8-3-9(5-10(14)4-8)12(17)16-6-11(15)13(18)19/h3-5,11H,2,6-7,15H2,1H3,(H,16,17)(H,18,19). The lowest BCUT2D eigenvalue weighted by molar-refractivity contribution is -0.138. The first-order chi connectivity index (χ1) is 9.43. The Hall–Kier alpha value is -1.99. The predicted molar refractivity (Wildman–Crippen MR) is 69.7 cm³/mol. The number of amides is 1. The number of carbonyl (C=O) groups is 2. The molecule has 110 valence electrons. The second kappa shape index (κ2) is 7.56. The average molecular weight is 284 g/mol. The van der Waals surface area contributed by atoms with Gasteiger partial charge in [-0.2, -0.15) is 0 Å². The van der Waals surface area contributed by atoms with E-state index in [1.54, 1.807) is 6.92 Å². The third-order valence-electron chi connectivity index (χ3n) is 2.49. The zero-order chi connectivity index (χ0) is 15.1. The molecule has 0 aliphatic rings. The molecule has 0 saturated carbocycles. The van der Waals surface area contributed by atoms with Gasteiger partial charge in [-0.15, -0.1) is 0 Å². The molecule has 0 radical (unpaired) electrons. The van der Waals surface area contributed by atoms with Crippen LogP contribution in [0.25, 0.3) is 0 Å². The van der Waals surface area contributed by atoms with Gasteiger partial charge in [0.05, 0.1) is 6.61 Å². The second-order valence-corrected chi connectivity index (χ2v) is 4.14. The van der Waals surface area contributed by atoms with Crippen molar-refractivity contribution < 1.29 is 23.8 Å². The lowest BCUT2D eigenvalue weighted by atomic mass is 10.1. The third-order valence-corrected chi connectivity index (χ3v) is 2.49. The summed E-state index contributed by atoms with van der Waals surface area (Å²) in [5, 5.41) is 10.9. The van der Waals surface area contributed by atoms with E-state index in [0.717, 1.165) is 6.07 Å². The Labute approximate surface area is 115 Å². The van der Waals surface area contributed by atoms with Gasteiger partial charge in [0.25, 0.3) is 5.91 Å². The summed E-state index contributed by atoms with van der Waals surface area (Å²) in [5.41, 5.74) is 5.88. The number of halogens is 1. The number of carbonyl (C=O) groups excluding carboxylic acids is 1. The summed E-state index contributed by atoms with van der Waals surface area (Å²) in [6.07, 6.45) is 0. The van der Waals surface area contributed by atoms with E-state index in [1.165, 1.54) is 12.1 Å². The highest BCUT2D eigenvalue weighted by molar-refractivity contribution is 5.94. The fourth-order valence-electron chi connectivity index (χ4n) is 1.48. The summed E-state index contributed by atoms with van der Waals surface area (Å²) in [4.78, 5) is 22.3. The first-order valence-corrected chi connectivity index (χ1v) is 6.07. The predicted octanol–water partition coefficient (Wildman–Crippen LogP) is 0.504. The Balaban J connectivity index is 2.72. The smallest absolute Gasteiger partial charge is 0.322 e. The second-order valence-electron chi connectivity index (χ2n) is 4.14. The van der Waals surface area contributed by atoms with Crippen molar-refractivity contribution in [3.05, 3.63) is 35.1 Å². The van der Waals surface area contributed by atoms with Crippen molar-refractivity contribution in [2.45, 2.75) is 19.6 Å². The number of ether oxygens (including phenoxy) is 1. The normalized spacial score (nSPS) is 11.9. The lowest BCUT2D eigenvalue weighted by Crippen LogP contribution is -2.42. The van der Waals surface area contributed by atoms with Gasteiger partial charge < -0.3 is 20.9 Å². The highest BCUT2D eigenvalue weighted by atomic mass is 19.1. The summed E-state index contributed by atoms with van der Waals surface area (Å²) in [6.45, 7) is 2.25. The fourth-order valence-corrected chi connectivity index (χ4v) is 1.48. The van der Waals surface area contributed by atoms with Crippen molar-refractivity contribution in [1.82, 2.24) is 5.32 Å². The Morgan fingerprint density at radius 2 is 2.15 bits per heavy atom. The molecule has 4 N–H and O–H groups in total. The Kier molecular flexibility index (Phi) is 6.08. The first kappa shape index (κ1) is 16.1. The molecule has 0 aromatic heterocycles. The molecule has 0 aliphatic heterocycles. The number of nitrogens with two attached hydrogens (primary N) is 1. The molecule has 1 aromatic carbocycles. The van der Waals surface area contributed by atoms with Gasteiger partial charge >= 0.3 is 5.97 Å². The molecule has 7 heteroatoms. The number of nitrogens with one attached hydrogen (secondary N) is 1. The minimum atomic E-state index is -1.22. The average Bonchev–Trinajstić information content (AvgIpc) is 2.41. The van der Waals surface area contributed by atoms with Crippen LogP contribution < -0.4 is 11.1 Å². The minimum Gasteiger partial charge on any atom is -0.480 e. The van der Waals surface area contributed by atoms with Crippen molar-refractivity contribution in [2.24, 2.45) is 5.73 Å². The van der Waals surface area contributed by atoms with Gasteiger partial charge in [0.15, 0.2) is 0 Å². The first-order valence-electron chi connectivity index (χ1n) is 6.07. The van der Waals surface area contributed by atoms with E-state index in [2.05, 4.69) is 5.32 Å². The molecule has 20 heavy (non-hydrogen) atoms. The molecular weight excluding hydrogens is 267 g/mol. The molecular formula is C13H17FN2O4. The highest BCUT2D eigenvalue weighted by Crippen LogP contribution is 2.10. The topological polar surface area (TPSA) is 102 Å². The molecule has 1 atom stereocenters. The van der Waals surface area contributed by atoms with E-state index in [4.69, 9.17) is 15.6 Å². The zero-order valence-electron chi connectivity index (χ0n) is 11.1. The van der Waals surface area contributed by atoms with Crippen LogP contribution in [0.4, 0.5) is 4.39 Å². The molecule has 0 bridgehead atoms. The monoisotopic (exact) mass is 284 g/mol. The van der Waals surface area contributed by atoms with Crippen LogP contribution in [-0.2, 0) is 16.1 Å². The fraction of sp³-hybridized carbons (Fsp3) is 0.385. The number of carboxylic acid groups (broad SMARTS) is 1. The van der Waals surface area contributed by atoms with Gasteiger partial charge in [-0.3, -0.25) is 9.59 Å². The van der Waals surface area contributed by atoms with Crippen molar-refractivity contribution in [3.8, 4) is 0 Å². The summed E-state index contributed by atoms with van der Waals surface area (Å²) in [7, 11) is 0. The molecule has 0 fully saturated rings. The van der Waals surface area contributed by atoms with E-state index < -0.39 is 23.7 Å². The molecule has 6 nitrogen and oxygen atoms in total. The summed E-state index contributed by atoms with van der Waals surface area (Å²) in [6, 6.07) is 2.63. The lowest BCUT2D eigenvalue weighted by Gasteiger charge is -2.10. The maximum Gasteiger partial charge on any atom is 0.322 e. The zero-order valence-corrected chi connectivity index (χ0v) is 11.1. The minimum absolute atomic E-state index is 0.0947. The van der Waals surface area contributed by atoms with Crippen LogP contribution in [-0.4, -0.2) is 36.2 Å². The SMILES string of the molecule is CCOCc1cc(F)cc(C(=O)NCC(N)C(=O)O)c1. The third kappa shape index (κ3) is 4.94. The number of rotatable bonds is 7. The molecule has 0 spiro atoms. The van der Waals surface area contributed by atoms with E-state index in [0.29, 0.717) is 12.2 Å². The van der Waals surface area contributed by atoms with Gasteiger partial charge in [-0.05, 0) is 30.7 Å². The maximum atomic E-state index is 13.4. The van der Waals surface area contributed by atoms with Crippen molar-refractivity contribution >= 4 is 11.9 Å². The summed E-state index contributed by atoms with van der Waals surface area (Å²) in [5.74, 6) is -2.37. The van der Waals surface area contributed by atoms with Gasteiger partial charge in [0, 0.05) is 18.7 Å². The van der Waals surface area contributed by atoms with Crippen LogP contribution in [0.15, 0.2) is 18.2 Å². The van der Waals surface area contributed by atoms with E-state index in [-0.39, 0.29) is 18.7 Å². The number of carboxylic acids is 1. The van der Waals surface area contributed by atoms with Gasteiger partial charge in [-0.1, -0.05) is 0 Å². The van der Waals surface area contributed by atoms with Crippen molar-refractivity contribution in [1.29, 1.82) is 0 Å². The summed E-state index contributed by atoms with van der Waals surface area (Å²) < 4.78 is 18.5. The van der Waals surface area contributed by atoms with Crippen molar-refractivity contribution in [3.63, 3.8) is 0 Å². The molecule has 1 rings (SSSR count). The van der Waals surface area contributed by atoms with E-state index in [1.807, 2.05) is 0 Å². The number of benzene rings is 1. The Morgan fingerprint density at radius 1 is 1.45 bits per heavy atom. The van der Waals surface area contributed by atoms with Gasteiger partial charge in [0.2, 0.25) is 0 Å². The summed E-state index contributed by atoms with van der Waals surface area (Å²) >= 11 is 0. The van der Waals surface area contributed by atoms with Gasteiger partial charge in [0.1, 0.15) is 11.9 Å². The largest absolute Gasteiger partial charge is 0.480 e. The molecule has 1 unspecified atom stereocenters. The number of hydrogen-bond donors (Lipinski definition) is 3. The van der Waals surface area contributed by atoms with Gasteiger partial charge in [-0.25, -0.2) is 4.39 Å². The molecule has 1 amide bonds. The number of aliphatic carboxylic acids is 1. The Bertz CT molecular complexity index is 493. The van der Waals surface area contributed by atoms with Crippen LogP contribution in [0.5, 0.6) is 0 Å². The van der Waals surface area contributed by atoms with E-state index in [9.17, 15) is 14.0 Å². The Morgan fingerprint density at radius 3 is 2.75 bits per heavy atom. The van der Waals surface area contributed by atoms with E-state index >= 15 is 0 Å². The number of hydrogen-bond acceptors (Lipinski definition) is 4. The van der Waals surface area contributed by atoms with Crippen LogP contribution in [0.3, 0.4) is 0 Å². The highest BCUT2D eigenvalue weighted by Gasteiger charge is 2.14. The molecule has 0 aliphatic carbocycles. The molecule has 0 saturated heterocycles. The van der Waals surface area contributed by atoms with Crippen LogP contribution in [0.1, 0.15) is 22.8 Å². The van der Waals surface area contributed by atoms with Crippen LogP contribution in [0.2, 0.25) is 0 Å². The quantitative estimate of drug-likeness (QED) is 0.677. The van der Waals surface area contributed by atoms with Crippen LogP contribution >= 0.6 is 0 Å². The maximum absolute atomic E-state index is 13.4.